The van der Waals surface area contributed by atoms with Crippen LogP contribution in [0.4, 0.5) is 13.2 Å². The number of hydrogen-bond acceptors (Lipinski definition) is 18. The monoisotopic (exact) mass is 1150 g/mol. The van der Waals surface area contributed by atoms with Gasteiger partial charge in [0.25, 0.3) is 5.76 Å². The van der Waals surface area contributed by atoms with Crippen LogP contribution in [-0.4, -0.2) is 180 Å². The molecule has 8 rings (SSSR count). The maximum Gasteiger partial charge on any atom is 0.317 e. The quantitative estimate of drug-likeness (QED) is 0.0995. The van der Waals surface area contributed by atoms with Crippen molar-refractivity contribution in [1.82, 2.24) is 19.9 Å². The number of carbonyl (C=O) groups is 2. The van der Waals surface area contributed by atoms with E-state index in [4.69, 9.17) is 48.6 Å². The third-order valence-electron chi connectivity index (χ3n) is 20.2. The van der Waals surface area contributed by atoms with Crippen LogP contribution in [0.25, 0.3) is 0 Å². The van der Waals surface area contributed by atoms with Crippen LogP contribution in [0.2, 0.25) is 0 Å². The van der Waals surface area contributed by atoms with Gasteiger partial charge in [-0.05, 0) is 109 Å². The number of alkyl halides is 3. The summed E-state index contributed by atoms with van der Waals surface area (Å²) >= 11 is 0.425. The maximum atomic E-state index is 15.2. The number of ether oxygens (including phenoxy) is 8. The number of aliphatic imine (C=N–C) groups is 1. The molecule has 0 bridgehead atoms. The summed E-state index contributed by atoms with van der Waals surface area (Å²) in [6.07, 6.45) is -3.57. The Morgan fingerprint density at radius 3 is 2.24 bits per heavy atom. The first-order valence-corrected chi connectivity index (χ1v) is 29.5. The van der Waals surface area contributed by atoms with Crippen molar-refractivity contribution in [3.05, 3.63) is 41.7 Å². The van der Waals surface area contributed by atoms with Gasteiger partial charge in [-0.15, -0.1) is 5.10 Å². The summed E-state index contributed by atoms with van der Waals surface area (Å²) in [5.41, 5.74) is 4.26. The number of methoxy groups -OCH3 is 3. The van der Waals surface area contributed by atoms with Crippen molar-refractivity contribution in [3.8, 4) is 0 Å². The summed E-state index contributed by atoms with van der Waals surface area (Å²) in [6, 6.07) is 5.01. The lowest BCUT2D eigenvalue weighted by Crippen LogP contribution is -2.67. The van der Waals surface area contributed by atoms with E-state index in [1.54, 1.807) is 51.6 Å². The molecule has 1 aliphatic carbocycles. The van der Waals surface area contributed by atoms with Crippen molar-refractivity contribution in [3.63, 3.8) is 0 Å². The maximum absolute atomic E-state index is 15.2. The van der Waals surface area contributed by atoms with Crippen LogP contribution in [0.1, 0.15) is 125 Å². The molecule has 1 saturated carbocycles. The van der Waals surface area contributed by atoms with Crippen molar-refractivity contribution in [2.75, 3.05) is 54.7 Å². The molecule has 1 spiro atoms. The number of aliphatic hydroxyl groups excluding tert-OH is 2. The lowest BCUT2D eigenvalue weighted by Gasteiger charge is -2.54. The van der Waals surface area contributed by atoms with Crippen LogP contribution in [0.3, 0.4) is 0 Å². The standard InChI is InChI=1S/C58H89F3N6O12S/c1-15-43-56(10)58(52(71)79-56)24-39(58)34(6)57(28-62)29-63-47(57)30(2)23-55(9,74-14)49(32(4)44(33(5)50(70)77-43)42-25-54(8,73-13)48(69)35(7)76-42)78-51-45(68)40(22-31(3)75-51)66(11)21-20-37-27-67(65-64-37)41(26-59)46(72-12)36-16-18-38(19-17-36)80-53(60)61/h16-19,27,30-35,39-46,48-49,51,53,68-69H,15,20-26,28-29,62H2,1-14H3/t30-,31-,32+,33-,34-,35+,39-,40+,41-,42-,43-,44?,45-,46-,48+,49-,51+,54-,55-,56-,57?,58?/m1/s1. The van der Waals surface area contributed by atoms with E-state index < -0.39 is 125 Å². The zero-order valence-corrected chi connectivity index (χ0v) is 50.0. The van der Waals surface area contributed by atoms with Gasteiger partial charge in [0, 0.05) is 81.4 Å². The van der Waals surface area contributed by atoms with E-state index in [1.807, 2.05) is 60.4 Å². The van der Waals surface area contributed by atoms with Gasteiger partial charge in [-0.1, -0.05) is 63.7 Å². The van der Waals surface area contributed by atoms with Crippen LogP contribution < -0.4 is 5.73 Å². The molecule has 80 heavy (non-hydrogen) atoms. The molecule has 4 N–H and O–H groups in total. The van der Waals surface area contributed by atoms with Gasteiger partial charge < -0.3 is 58.7 Å². The number of nitrogens with two attached hydrogens (primary N) is 1. The van der Waals surface area contributed by atoms with Gasteiger partial charge in [0.2, 0.25) is 0 Å². The minimum atomic E-state index is -2.57. The molecule has 1 aromatic carbocycles. The summed E-state index contributed by atoms with van der Waals surface area (Å²) in [6.45, 7) is 19.8. The van der Waals surface area contributed by atoms with Gasteiger partial charge in [-0.25, -0.2) is 9.07 Å². The van der Waals surface area contributed by atoms with E-state index in [2.05, 4.69) is 24.2 Å². The van der Waals surface area contributed by atoms with E-state index in [0.717, 1.165) is 5.71 Å². The first-order valence-electron chi connectivity index (χ1n) is 28.6. The number of aliphatic hydroxyl groups is 2. The van der Waals surface area contributed by atoms with Crippen LogP contribution in [0.15, 0.2) is 40.4 Å². The van der Waals surface area contributed by atoms with Gasteiger partial charge in [-0.3, -0.25) is 14.6 Å². The highest BCUT2D eigenvalue weighted by molar-refractivity contribution is 7.99. The molecule has 6 heterocycles. The predicted octanol–water partition coefficient (Wildman–Crippen LogP) is 7.17. The lowest BCUT2D eigenvalue weighted by atomic mass is 9.59. The summed E-state index contributed by atoms with van der Waals surface area (Å²) in [7, 11) is 6.55. The average Bonchev–Trinajstić information content (AvgIpc) is 2.53. The largest absolute Gasteiger partial charge is 0.458 e. The number of rotatable bonds is 18. The fourth-order valence-corrected chi connectivity index (χ4v) is 15.6. The molecule has 1 aromatic heterocycles. The molecule has 22 heteroatoms. The minimum Gasteiger partial charge on any atom is -0.458 e. The number of halogens is 3. The van der Waals surface area contributed by atoms with Crippen molar-refractivity contribution >= 4 is 29.4 Å². The van der Waals surface area contributed by atoms with Crippen molar-refractivity contribution < 1.29 is 70.9 Å². The molecule has 2 aromatic rings. The van der Waals surface area contributed by atoms with Crippen LogP contribution in [-0.2, 0) is 53.9 Å². The first kappa shape index (κ1) is 62.7. The molecule has 0 radical (unpaired) electrons. The Kier molecular flexibility index (Phi) is 19.1. The van der Waals surface area contributed by atoms with E-state index >= 15 is 4.79 Å². The molecule has 6 aliphatic rings. The zero-order valence-electron chi connectivity index (χ0n) is 49.2. The van der Waals surface area contributed by atoms with Gasteiger partial charge in [0.05, 0.1) is 53.8 Å². The third-order valence-corrected chi connectivity index (χ3v) is 20.9. The Balaban J connectivity index is 1.10. The molecular formula is C58H89F3N6O12S. The van der Waals surface area contributed by atoms with E-state index in [0.29, 0.717) is 79.7 Å². The highest BCUT2D eigenvalue weighted by atomic mass is 32.2. The van der Waals surface area contributed by atoms with Crippen LogP contribution >= 0.6 is 11.8 Å². The van der Waals surface area contributed by atoms with Crippen molar-refractivity contribution in [1.29, 1.82) is 0 Å². The Morgan fingerprint density at radius 2 is 1.66 bits per heavy atom. The second-order valence-electron chi connectivity index (χ2n) is 24.8. The highest BCUT2D eigenvalue weighted by Crippen LogP contribution is 2.73. The molecule has 5 aliphatic heterocycles. The van der Waals surface area contributed by atoms with Crippen molar-refractivity contribution in [2.45, 2.75) is 202 Å². The summed E-state index contributed by atoms with van der Waals surface area (Å²) in [4.78, 5) is 36.4. The Bertz CT molecular complexity index is 2500. The number of hydrogen-bond donors (Lipinski definition) is 3. The number of cyclic esters (lactones) is 1. The molecule has 18 nitrogen and oxygen atoms in total. The van der Waals surface area contributed by atoms with E-state index in [-0.39, 0.29) is 36.2 Å². The number of carbonyl (C=O) groups excluding carboxylic acids is 2. The lowest BCUT2D eigenvalue weighted by molar-refractivity contribution is -0.305. The SMILES string of the molecule is CC[C@H]1OC(=O)[C@H](C)C([C@H]2C[C@@](C)(OC)[C@@H](O)[C@H](C)O2)[C@H](C)[C@@H](O[C@@H]2O[C@H](C)C[C@H](N(C)CCc3cn([C@H](CF)[C@H](OC)c4ccc(SC(F)F)cc4)nn3)[C@H]2O)[C@](C)(OC)C[C@@H](C)C2=NCC2(CN)[C@H](C)[C@H]2CC23C(=O)O[C@]13C. The Labute approximate surface area is 474 Å². The number of aromatic nitrogens is 3. The third kappa shape index (κ3) is 11.2. The smallest absolute Gasteiger partial charge is 0.317 e. The highest BCUT2D eigenvalue weighted by Gasteiger charge is 2.83. The Hall–Kier alpha value is -3.29. The number of benzene rings is 1. The number of likely N-dealkylation sites (N-methyl/N-ethyl adjacent to an activating group) is 1. The van der Waals surface area contributed by atoms with E-state index in [9.17, 15) is 28.2 Å². The van der Waals surface area contributed by atoms with Gasteiger partial charge in [-0.2, -0.15) is 8.78 Å². The first-order chi connectivity index (χ1) is 37.8. The minimum absolute atomic E-state index is 0.0592. The van der Waals surface area contributed by atoms with Gasteiger partial charge >= 0.3 is 11.9 Å². The molecule has 4 saturated heterocycles. The molecule has 22 atom stereocenters. The normalized spacial score (nSPS) is 42.2. The number of nitrogens with zero attached hydrogens (tertiary/aromatic N) is 5. The topological polar surface area (TPSA) is 221 Å². The fourth-order valence-electron chi connectivity index (χ4n) is 15.1. The molecule has 3 unspecified atom stereocenters. The fraction of sp³-hybridized carbons (Fsp3) is 0.810. The molecule has 5 fully saturated rings. The Morgan fingerprint density at radius 1 is 0.975 bits per heavy atom. The predicted molar refractivity (Wildman–Crippen MR) is 293 cm³/mol. The van der Waals surface area contributed by atoms with Crippen LogP contribution in [0.5, 0.6) is 0 Å². The summed E-state index contributed by atoms with van der Waals surface area (Å²) in [5.74, 6) is -5.88. The number of thioether (sulfide) groups is 1. The molecular weight excluding hydrogens is 1060 g/mol. The molecule has 0 amide bonds. The van der Waals surface area contributed by atoms with Crippen molar-refractivity contribution in [2.24, 2.45) is 57.1 Å². The second-order valence-corrected chi connectivity index (χ2v) is 25.8. The average molecular weight is 1150 g/mol. The van der Waals surface area contributed by atoms with Gasteiger partial charge in [0.15, 0.2) is 11.9 Å². The summed E-state index contributed by atoms with van der Waals surface area (Å²) < 4.78 is 94.2. The molecule has 450 valence electrons. The van der Waals surface area contributed by atoms with Gasteiger partial charge in [0.1, 0.15) is 42.5 Å². The number of fused-ring (bicyclic) bond motifs is 1. The van der Waals surface area contributed by atoms with Crippen LogP contribution in [0, 0.1) is 46.3 Å². The van der Waals surface area contributed by atoms with E-state index in [1.165, 1.54) is 11.8 Å². The summed E-state index contributed by atoms with van der Waals surface area (Å²) in [5, 5.41) is 32.8. The number of esters is 2. The zero-order chi connectivity index (χ0) is 58.6. The second kappa shape index (κ2) is 24.4.